The molecule has 1 aromatic rings. The largest absolute Gasteiger partial charge is 0.409 e. The van der Waals surface area contributed by atoms with Gasteiger partial charge in [0.25, 0.3) is 0 Å². The summed E-state index contributed by atoms with van der Waals surface area (Å²) in [5.74, 6) is 0.578. The Morgan fingerprint density at radius 2 is 1.88 bits per heavy atom. The van der Waals surface area contributed by atoms with Crippen molar-refractivity contribution in [2.45, 2.75) is 51.4 Å². The summed E-state index contributed by atoms with van der Waals surface area (Å²) < 4.78 is 12.2. The molecule has 0 radical (unpaired) electrons. The van der Waals surface area contributed by atoms with Crippen molar-refractivity contribution in [3.63, 3.8) is 0 Å². The van der Waals surface area contributed by atoms with E-state index in [-0.39, 0.29) is 6.10 Å². The Hall–Kier alpha value is -0.173. The maximum absolute atomic E-state index is 6.75. The second-order valence-electron chi connectivity index (χ2n) is 6.75. The van der Waals surface area contributed by atoms with Gasteiger partial charge in [-0.1, -0.05) is 44.0 Å². The monoisotopic (exact) mass is 404 g/mol. The summed E-state index contributed by atoms with van der Waals surface area (Å²) in [5, 5.41) is 4.71. The van der Waals surface area contributed by atoms with Gasteiger partial charge in [0.15, 0.2) is 8.32 Å². The second kappa shape index (κ2) is 10.2. The van der Waals surface area contributed by atoms with Gasteiger partial charge in [-0.25, -0.2) is 0 Å². The van der Waals surface area contributed by atoms with E-state index in [1.807, 2.05) is 0 Å². The fourth-order valence-electron chi connectivity index (χ4n) is 3.40. The van der Waals surface area contributed by atoms with Gasteiger partial charge in [0.05, 0.1) is 22.8 Å². The quantitative estimate of drug-likeness (QED) is 0.552. The summed E-state index contributed by atoms with van der Waals surface area (Å²) in [6.07, 6.45) is 4.28. The summed E-state index contributed by atoms with van der Waals surface area (Å²) in [4.78, 5) is 4.08. The molecule has 7 heteroatoms. The van der Waals surface area contributed by atoms with Crippen LogP contribution in [0.25, 0.3) is 0 Å². The molecule has 2 unspecified atom stereocenters. The van der Waals surface area contributed by atoms with Crippen LogP contribution in [0.1, 0.15) is 38.9 Å². The Bertz CT molecular complexity index is 509. The van der Waals surface area contributed by atoms with Crippen molar-refractivity contribution in [1.29, 1.82) is 0 Å². The fraction of sp³-hybridized carbons (Fsp3) is 0.722. The minimum absolute atomic E-state index is 0.142. The van der Waals surface area contributed by atoms with Crippen LogP contribution in [0.2, 0.25) is 28.2 Å². The lowest BCUT2D eigenvalue weighted by molar-refractivity contribution is 0.174. The van der Waals surface area contributed by atoms with E-state index >= 15 is 0 Å². The smallest absolute Gasteiger partial charge is 0.192 e. The molecule has 2 atom stereocenters. The van der Waals surface area contributed by atoms with Gasteiger partial charge in [0, 0.05) is 37.7 Å². The molecule has 142 valence electrons. The molecular weight excluding hydrogens is 375 g/mol. The van der Waals surface area contributed by atoms with E-state index < -0.39 is 8.32 Å². The third kappa shape index (κ3) is 5.65. The zero-order valence-electron chi connectivity index (χ0n) is 15.5. The van der Waals surface area contributed by atoms with E-state index in [1.54, 1.807) is 12.4 Å². The molecule has 1 saturated heterocycles. The first-order valence-corrected chi connectivity index (χ1v) is 12.6. The van der Waals surface area contributed by atoms with E-state index in [1.165, 1.54) is 0 Å². The van der Waals surface area contributed by atoms with Gasteiger partial charge in [-0.2, -0.15) is 0 Å². The lowest BCUT2D eigenvalue weighted by Crippen LogP contribution is -2.40. The third-order valence-electron chi connectivity index (χ3n) is 5.32. The molecule has 1 fully saturated rings. The van der Waals surface area contributed by atoms with Gasteiger partial charge in [-0.3, -0.25) is 4.98 Å². The summed E-state index contributed by atoms with van der Waals surface area (Å²) in [5.41, 5.74) is 0.862. The number of pyridine rings is 1. The predicted octanol–water partition coefficient (Wildman–Crippen LogP) is 5.08. The number of rotatable bonds is 10. The summed E-state index contributed by atoms with van der Waals surface area (Å²) in [6.45, 7) is 10.0. The van der Waals surface area contributed by atoms with E-state index in [9.17, 15) is 0 Å². The van der Waals surface area contributed by atoms with Crippen LogP contribution in [0.15, 0.2) is 12.4 Å². The highest BCUT2D eigenvalue weighted by Gasteiger charge is 2.34. The van der Waals surface area contributed by atoms with Crippen molar-refractivity contribution in [1.82, 2.24) is 10.3 Å². The Kier molecular flexibility index (Phi) is 8.65. The predicted molar refractivity (Wildman–Crippen MR) is 107 cm³/mol. The average molecular weight is 405 g/mol. The SMILES string of the molecule is CC[Si](CC)(CC)OC(CNCC1CCOC1)c1c(Cl)cncc1Cl. The number of hydrogen-bond acceptors (Lipinski definition) is 4. The van der Waals surface area contributed by atoms with Crippen molar-refractivity contribution < 1.29 is 9.16 Å². The molecule has 0 aliphatic carbocycles. The minimum Gasteiger partial charge on any atom is -0.409 e. The number of halogens is 2. The molecule has 0 aromatic carbocycles. The molecule has 25 heavy (non-hydrogen) atoms. The topological polar surface area (TPSA) is 43.4 Å². The van der Waals surface area contributed by atoms with Crippen LogP contribution in [0, 0.1) is 5.92 Å². The second-order valence-corrected chi connectivity index (χ2v) is 12.3. The zero-order valence-corrected chi connectivity index (χ0v) is 18.0. The Labute approximate surface area is 162 Å². The van der Waals surface area contributed by atoms with Crippen molar-refractivity contribution in [3.8, 4) is 0 Å². The highest BCUT2D eigenvalue weighted by molar-refractivity contribution is 6.73. The molecule has 1 aromatic heterocycles. The van der Waals surface area contributed by atoms with E-state index in [2.05, 4.69) is 31.1 Å². The van der Waals surface area contributed by atoms with Crippen molar-refractivity contribution in [2.75, 3.05) is 26.3 Å². The third-order valence-corrected chi connectivity index (χ3v) is 10.6. The number of hydrogen-bond donors (Lipinski definition) is 1. The van der Waals surface area contributed by atoms with Crippen LogP contribution in [0.3, 0.4) is 0 Å². The minimum atomic E-state index is -1.79. The van der Waals surface area contributed by atoms with Crippen LogP contribution in [0.5, 0.6) is 0 Å². The standard InChI is InChI=1S/C18H30Cl2N2O2Si/c1-4-25(5-2,6-3)24-17(12-21-9-14-7-8-23-13-14)18-15(19)10-22-11-16(18)20/h10-11,14,17,21H,4-9,12-13H2,1-3H3. The van der Waals surface area contributed by atoms with Crippen LogP contribution in [0.4, 0.5) is 0 Å². The van der Waals surface area contributed by atoms with Crippen LogP contribution in [-0.4, -0.2) is 39.6 Å². The molecule has 0 bridgehead atoms. The van der Waals surface area contributed by atoms with Gasteiger partial charge >= 0.3 is 0 Å². The number of nitrogens with zero attached hydrogens (tertiary/aromatic N) is 1. The number of nitrogens with one attached hydrogen (secondary N) is 1. The molecule has 2 rings (SSSR count). The molecular formula is C18H30Cl2N2O2Si. The van der Waals surface area contributed by atoms with Gasteiger partial charge in [-0.05, 0) is 30.5 Å². The normalized spacial score (nSPS) is 19.3. The Balaban J connectivity index is 2.15. The maximum atomic E-state index is 6.75. The van der Waals surface area contributed by atoms with Crippen LogP contribution >= 0.6 is 23.2 Å². The lowest BCUT2D eigenvalue weighted by Gasteiger charge is -2.34. The van der Waals surface area contributed by atoms with Gasteiger partial charge in [0.1, 0.15) is 0 Å². The van der Waals surface area contributed by atoms with E-state index in [4.69, 9.17) is 32.4 Å². The molecule has 4 nitrogen and oxygen atoms in total. The number of aromatic nitrogens is 1. The first-order chi connectivity index (χ1) is 12.0. The summed E-state index contributed by atoms with van der Waals surface area (Å²) >= 11 is 12.9. The van der Waals surface area contributed by atoms with Crippen molar-refractivity contribution >= 4 is 31.5 Å². The summed E-state index contributed by atoms with van der Waals surface area (Å²) in [6, 6.07) is 3.27. The number of ether oxygens (including phenoxy) is 1. The van der Waals surface area contributed by atoms with Gasteiger partial charge < -0.3 is 14.5 Å². The molecule has 0 saturated carbocycles. The Morgan fingerprint density at radius 3 is 2.40 bits per heavy atom. The van der Waals surface area contributed by atoms with Gasteiger partial charge in [0.2, 0.25) is 0 Å². The van der Waals surface area contributed by atoms with Crippen LogP contribution in [-0.2, 0) is 9.16 Å². The molecule has 1 N–H and O–H groups in total. The van der Waals surface area contributed by atoms with Gasteiger partial charge in [-0.15, -0.1) is 0 Å². The van der Waals surface area contributed by atoms with E-state index in [0.29, 0.717) is 22.5 Å². The van der Waals surface area contributed by atoms with E-state index in [0.717, 1.165) is 49.9 Å². The zero-order chi connectivity index (χ0) is 18.3. The van der Waals surface area contributed by atoms with Crippen molar-refractivity contribution in [2.24, 2.45) is 5.92 Å². The first kappa shape index (κ1) is 21.1. The molecule has 2 heterocycles. The first-order valence-electron chi connectivity index (χ1n) is 9.30. The van der Waals surface area contributed by atoms with Crippen LogP contribution < -0.4 is 5.32 Å². The fourth-order valence-corrected chi connectivity index (χ4v) is 6.81. The Morgan fingerprint density at radius 1 is 1.24 bits per heavy atom. The van der Waals surface area contributed by atoms with Crippen molar-refractivity contribution in [3.05, 3.63) is 28.0 Å². The highest BCUT2D eigenvalue weighted by Crippen LogP contribution is 2.36. The molecule has 1 aliphatic heterocycles. The molecule has 0 amide bonds. The summed E-state index contributed by atoms with van der Waals surface area (Å²) in [7, 11) is -1.79. The average Bonchev–Trinajstić information content (AvgIpc) is 3.12. The lowest BCUT2D eigenvalue weighted by atomic mass is 10.1. The molecule has 0 spiro atoms. The molecule has 1 aliphatic rings. The highest BCUT2D eigenvalue weighted by atomic mass is 35.5. The maximum Gasteiger partial charge on any atom is 0.192 e.